The van der Waals surface area contributed by atoms with Crippen LogP contribution in [-0.4, -0.2) is 52.3 Å². The van der Waals surface area contributed by atoms with E-state index in [2.05, 4.69) is 5.32 Å². The van der Waals surface area contributed by atoms with Gasteiger partial charge in [0.25, 0.3) is 5.91 Å². The number of piperidine rings is 1. The number of likely N-dealkylation sites (tertiary alicyclic amines) is 1. The fourth-order valence-corrected chi connectivity index (χ4v) is 3.79. The fourth-order valence-electron chi connectivity index (χ4n) is 3.79. The minimum Gasteiger partial charge on any atom is -0.338 e. The Morgan fingerprint density at radius 3 is 2.65 bits per heavy atom. The largest absolute Gasteiger partial charge is 0.338 e. The van der Waals surface area contributed by atoms with Crippen LogP contribution in [0.1, 0.15) is 45.1 Å². The normalized spacial score (nSPS) is 26.2. The quantitative estimate of drug-likeness (QED) is 0.822. The number of benzene rings is 1. The molecule has 0 radical (unpaired) electrons. The molecule has 0 spiro atoms. The minimum atomic E-state index is -0.958. The number of urea groups is 1. The van der Waals surface area contributed by atoms with Crippen molar-refractivity contribution in [3.63, 3.8) is 0 Å². The molecule has 0 saturated carbocycles. The van der Waals surface area contributed by atoms with Gasteiger partial charge in [0.1, 0.15) is 12.1 Å². The van der Waals surface area contributed by atoms with Crippen molar-refractivity contribution in [3.8, 4) is 0 Å². The molecule has 2 saturated heterocycles. The summed E-state index contributed by atoms with van der Waals surface area (Å²) in [7, 11) is 0. The molecule has 3 rings (SSSR count). The topological polar surface area (TPSA) is 69.7 Å². The van der Waals surface area contributed by atoms with E-state index >= 15 is 0 Å². The molecule has 6 nitrogen and oxygen atoms in total. The summed E-state index contributed by atoms with van der Waals surface area (Å²) in [6, 6.07) is 9.57. The summed E-state index contributed by atoms with van der Waals surface area (Å²) in [6.07, 6.45) is 4.26. The van der Waals surface area contributed by atoms with Gasteiger partial charge in [0.2, 0.25) is 5.91 Å². The van der Waals surface area contributed by atoms with Crippen LogP contribution < -0.4 is 5.32 Å². The second kappa shape index (κ2) is 7.48. The van der Waals surface area contributed by atoms with Crippen LogP contribution >= 0.6 is 0 Å². The first-order chi connectivity index (χ1) is 12.4. The van der Waals surface area contributed by atoms with E-state index in [0.29, 0.717) is 19.4 Å². The predicted molar refractivity (Wildman–Crippen MR) is 98.4 cm³/mol. The van der Waals surface area contributed by atoms with E-state index in [0.717, 1.165) is 29.7 Å². The van der Waals surface area contributed by atoms with Gasteiger partial charge in [0.15, 0.2) is 0 Å². The van der Waals surface area contributed by atoms with Gasteiger partial charge < -0.3 is 10.2 Å². The molecule has 0 aromatic heterocycles. The molecule has 2 aliphatic heterocycles. The third-order valence-corrected chi connectivity index (χ3v) is 5.52. The summed E-state index contributed by atoms with van der Waals surface area (Å²) in [6.45, 7) is 4.29. The highest BCUT2D eigenvalue weighted by Crippen LogP contribution is 2.24. The third-order valence-electron chi connectivity index (χ3n) is 5.52. The Bertz CT molecular complexity index is 691. The Balaban J connectivity index is 1.63. The summed E-state index contributed by atoms with van der Waals surface area (Å²) < 4.78 is 0. The highest BCUT2D eigenvalue weighted by atomic mass is 16.2. The van der Waals surface area contributed by atoms with Crippen LogP contribution in [0.4, 0.5) is 4.79 Å². The van der Waals surface area contributed by atoms with Gasteiger partial charge in [-0.2, -0.15) is 0 Å². The van der Waals surface area contributed by atoms with Crippen molar-refractivity contribution in [1.82, 2.24) is 15.1 Å². The van der Waals surface area contributed by atoms with Crippen LogP contribution in [0.2, 0.25) is 0 Å². The van der Waals surface area contributed by atoms with E-state index in [4.69, 9.17) is 0 Å². The van der Waals surface area contributed by atoms with Gasteiger partial charge in [-0.1, -0.05) is 30.3 Å². The number of imide groups is 1. The van der Waals surface area contributed by atoms with Crippen molar-refractivity contribution in [3.05, 3.63) is 35.9 Å². The summed E-state index contributed by atoms with van der Waals surface area (Å²) >= 11 is 0. The number of carbonyl (C=O) groups excluding carboxylic acids is 3. The van der Waals surface area contributed by atoms with Crippen LogP contribution in [0, 0.1) is 0 Å². The predicted octanol–water partition coefficient (Wildman–Crippen LogP) is 2.33. The molecule has 2 atom stereocenters. The average Bonchev–Trinajstić information content (AvgIpc) is 2.85. The lowest BCUT2D eigenvalue weighted by Crippen LogP contribution is -2.49. The van der Waals surface area contributed by atoms with Crippen molar-refractivity contribution >= 4 is 17.8 Å². The molecule has 2 aliphatic rings. The molecule has 26 heavy (non-hydrogen) atoms. The highest BCUT2D eigenvalue weighted by Gasteiger charge is 2.48. The summed E-state index contributed by atoms with van der Waals surface area (Å²) in [5.74, 6) is -0.454. The van der Waals surface area contributed by atoms with Crippen molar-refractivity contribution in [1.29, 1.82) is 0 Å². The summed E-state index contributed by atoms with van der Waals surface area (Å²) in [4.78, 5) is 40.6. The fraction of sp³-hybridized carbons (Fsp3) is 0.550. The zero-order valence-electron chi connectivity index (χ0n) is 15.5. The van der Waals surface area contributed by atoms with Gasteiger partial charge >= 0.3 is 6.03 Å². The highest BCUT2D eigenvalue weighted by molar-refractivity contribution is 6.08. The van der Waals surface area contributed by atoms with E-state index in [1.54, 1.807) is 11.8 Å². The molecule has 4 amide bonds. The van der Waals surface area contributed by atoms with Gasteiger partial charge in [-0.15, -0.1) is 0 Å². The minimum absolute atomic E-state index is 0.145. The standard InChI is InChI=1S/C20H27N3O3/c1-15-8-6-7-13-22(15)17(24)14-23-18(25)20(2,21-19(23)26)12-11-16-9-4-3-5-10-16/h3-5,9-10,15H,6-8,11-14H2,1-2H3,(H,21,26). The molecule has 0 bridgehead atoms. The molecule has 2 heterocycles. The molecule has 0 aliphatic carbocycles. The number of hydrogen-bond acceptors (Lipinski definition) is 3. The molecule has 1 aromatic carbocycles. The van der Waals surface area contributed by atoms with Gasteiger partial charge in [-0.3, -0.25) is 14.5 Å². The second-order valence-electron chi connectivity index (χ2n) is 7.57. The first-order valence-corrected chi connectivity index (χ1v) is 9.38. The van der Waals surface area contributed by atoms with Gasteiger partial charge in [0.05, 0.1) is 0 Å². The molecule has 2 fully saturated rings. The maximum absolute atomic E-state index is 12.8. The number of rotatable bonds is 5. The van der Waals surface area contributed by atoms with Crippen LogP contribution in [-0.2, 0) is 16.0 Å². The summed E-state index contributed by atoms with van der Waals surface area (Å²) in [5.41, 5.74) is 0.160. The van der Waals surface area contributed by atoms with Crippen molar-refractivity contribution in [2.45, 2.75) is 57.5 Å². The van der Waals surface area contributed by atoms with E-state index < -0.39 is 11.6 Å². The lowest BCUT2D eigenvalue weighted by molar-refractivity contribution is -0.140. The second-order valence-corrected chi connectivity index (χ2v) is 7.57. The van der Waals surface area contributed by atoms with Gasteiger partial charge in [-0.05, 0) is 51.5 Å². The lowest BCUT2D eigenvalue weighted by Gasteiger charge is -2.34. The van der Waals surface area contributed by atoms with Crippen molar-refractivity contribution < 1.29 is 14.4 Å². The first kappa shape index (κ1) is 18.4. The molecule has 140 valence electrons. The smallest absolute Gasteiger partial charge is 0.325 e. The zero-order chi connectivity index (χ0) is 18.7. The Morgan fingerprint density at radius 1 is 1.23 bits per heavy atom. The first-order valence-electron chi connectivity index (χ1n) is 9.38. The molecule has 2 unspecified atom stereocenters. The summed E-state index contributed by atoms with van der Waals surface area (Å²) in [5, 5.41) is 2.79. The molecular weight excluding hydrogens is 330 g/mol. The van der Waals surface area contributed by atoms with Gasteiger partial charge in [-0.25, -0.2) is 4.79 Å². The Labute approximate surface area is 154 Å². The maximum atomic E-state index is 12.8. The van der Waals surface area contributed by atoms with E-state index in [1.807, 2.05) is 37.3 Å². The van der Waals surface area contributed by atoms with Crippen LogP contribution in [0.15, 0.2) is 30.3 Å². The van der Waals surface area contributed by atoms with Gasteiger partial charge in [0, 0.05) is 12.6 Å². The third kappa shape index (κ3) is 3.74. The Kier molecular flexibility index (Phi) is 5.30. The van der Waals surface area contributed by atoms with Crippen LogP contribution in [0.5, 0.6) is 0 Å². The maximum Gasteiger partial charge on any atom is 0.325 e. The van der Waals surface area contributed by atoms with E-state index in [9.17, 15) is 14.4 Å². The monoisotopic (exact) mass is 357 g/mol. The molecule has 1 N–H and O–H groups in total. The number of amides is 4. The lowest BCUT2D eigenvalue weighted by atomic mass is 9.93. The van der Waals surface area contributed by atoms with Crippen molar-refractivity contribution in [2.75, 3.05) is 13.1 Å². The number of nitrogens with one attached hydrogen (secondary N) is 1. The van der Waals surface area contributed by atoms with Crippen LogP contribution in [0.25, 0.3) is 0 Å². The molecule has 1 aromatic rings. The molecule has 6 heteroatoms. The number of carbonyl (C=O) groups is 3. The SMILES string of the molecule is CC1CCCCN1C(=O)CN1C(=O)NC(C)(CCc2ccccc2)C1=O. The van der Waals surface area contributed by atoms with Crippen molar-refractivity contribution in [2.24, 2.45) is 0 Å². The molecular formula is C20H27N3O3. The van der Waals surface area contributed by atoms with Crippen LogP contribution in [0.3, 0.4) is 0 Å². The number of hydrogen-bond donors (Lipinski definition) is 1. The zero-order valence-corrected chi connectivity index (χ0v) is 15.5. The number of aryl methyl sites for hydroxylation is 1. The van der Waals surface area contributed by atoms with E-state index in [-0.39, 0.29) is 24.4 Å². The Hall–Kier alpha value is -2.37. The number of nitrogens with zero attached hydrogens (tertiary/aromatic N) is 2. The van der Waals surface area contributed by atoms with E-state index in [1.165, 1.54) is 0 Å². The average molecular weight is 357 g/mol. The Morgan fingerprint density at radius 2 is 1.96 bits per heavy atom.